The average Bonchev–Trinajstić information content (AvgIpc) is 2.76. The molecule has 0 aromatic heterocycles. The lowest BCUT2D eigenvalue weighted by Crippen LogP contribution is -2.35. The molecule has 1 aliphatic rings. The molecule has 1 saturated carbocycles. The van der Waals surface area contributed by atoms with Crippen LogP contribution in [0.3, 0.4) is 0 Å². The van der Waals surface area contributed by atoms with E-state index in [1.54, 1.807) is 0 Å². The van der Waals surface area contributed by atoms with Crippen LogP contribution in [-0.4, -0.2) is 25.2 Å². The molecule has 0 heterocycles. The molecule has 182 valence electrons. The second kappa shape index (κ2) is 18.5. The minimum Gasteiger partial charge on any atom is -0.465 e. The van der Waals surface area contributed by atoms with Crippen LogP contribution in [0.4, 0.5) is 0 Å². The van der Waals surface area contributed by atoms with Gasteiger partial charge in [-0.2, -0.15) is 0 Å². The second-order valence-corrected chi connectivity index (χ2v) is 9.90. The Morgan fingerprint density at radius 3 is 1.55 bits per heavy atom. The van der Waals surface area contributed by atoms with Gasteiger partial charge in [-0.15, -0.1) is 0 Å². The van der Waals surface area contributed by atoms with Crippen molar-refractivity contribution in [2.24, 2.45) is 17.8 Å². The van der Waals surface area contributed by atoms with Gasteiger partial charge in [-0.05, 0) is 31.6 Å². The van der Waals surface area contributed by atoms with Gasteiger partial charge < -0.3 is 9.47 Å². The van der Waals surface area contributed by atoms with Gasteiger partial charge in [0.25, 0.3) is 0 Å². The monoisotopic (exact) mass is 438 g/mol. The third-order valence-corrected chi connectivity index (χ3v) is 6.53. The van der Waals surface area contributed by atoms with E-state index < -0.39 is 0 Å². The molecule has 31 heavy (non-hydrogen) atoms. The minimum atomic E-state index is -0.303. The van der Waals surface area contributed by atoms with Gasteiger partial charge in [0.05, 0.1) is 25.0 Å². The molecule has 2 atom stereocenters. The lowest BCUT2D eigenvalue weighted by atomic mass is 9.79. The maximum atomic E-state index is 12.6. The Labute approximate surface area is 192 Å². The van der Waals surface area contributed by atoms with Crippen molar-refractivity contribution in [3.63, 3.8) is 0 Å². The Morgan fingerprint density at radius 2 is 1.10 bits per heavy atom. The van der Waals surface area contributed by atoms with E-state index in [2.05, 4.69) is 20.8 Å². The quantitative estimate of drug-likeness (QED) is 0.163. The number of rotatable bonds is 18. The van der Waals surface area contributed by atoms with Crippen molar-refractivity contribution < 1.29 is 19.1 Å². The van der Waals surface area contributed by atoms with Gasteiger partial charge in [0, 0.05) is 0 Å². The Kier molecular flexibility index (Phi) is 16.7. The molecule has 0 aliphatic heterocycles. The van der Waals surface area contributed by atoms with Gasteiger partial charge in [0.2, 0.25) is 0 Å². The first-order chi connectivity index (χ1) is 15.1. The molecule has 0 spiro atoms. The van der Waals surface area contributed by atoms with Crippen molar-refractivity contribution in [3.05, 3.63) is 0 Å². The predicted molar refractivity (Wildman–Crippen MR) is 128 cm³/mol. The number of carbonyl (C=O) groups is 2. The number of unbranched alkanes of at least 4 members (excludes halogenated alkanes) is 10. The summed E-state index contributed by atoms with van der Waals surface area (Å²) in [5, 5.41) is 0. The van der Waals surface area contributed by atoms with E-state index in [0.717, 1.165) is 57.3 Å². The van der Waals surface area contributed by atoms with Crippen LogP contribution < -0.4 is 0 Å². The smallest absolute Gasteiger partial charge is 0.309 e. The molecular formula is C27H50O4. The van der Waals surface area contributed by atoms with Gasteiger partial charge in [-0.1, -0.05) is 104 Å². The predicted octanol–water partition coefficient (Wildman–Crippen LogP) is 7.63. The van der Waals surface area contributed by atoms with Gasteiger partial charge in [-0.3, -0.25) is 9.59 Å². The highest BCUT2D eigenvalue weighted by molar-refractivity contribution is 5.82. The Hall–Kier alpha value is -1.06. The van der Waals surface area contributed by atoms with Crippen molar-refractivity contribution in [2.45, 2.75) is 130 Å². The summed E-state index contributed by atoms with van der Waals surface area (Å²) in [5.41, 5.74) is 0. The number of hydrogen-bond donors (Lipinski definition) is 0. The van der Waals surface area contributed by atoms with Crippen molar-refractivity contribution in [2.75, 3.05) is 13.2 Å². The molecule has 1 rings (SSSR count). The molecule has 0 aromatic carbocycles. The molecule has 4 heteroatoms. The van der Waals surface area contributed by atoms with E-state index in [9.17, 15) is 9.59 Å². The zero-order valence-corrected chi connectivity index (χ0v) is 20.8. The molecule has 0 aromatic rings. The van der Waals surface area contributed by atoms with Crippen LogP contribution in [0.25, 0.3) is 0 Å². The Bertz CT molecular complexity index is 460. The first-order valence-corrected chi connectivity index (χ1v) is 13.4. The van der Waals surface area contributed by atoms with E-state index in [4.69, 9.17) is 9.47 Å². The topological polar surface area (TPSA) is 52.6 Å². The molecule has 0 saturated heterocycles. The van der Waals surface area contributed by atoms with Crippen LogP contribution in [0.15, 0.2) is 0 Å². The number of ether oxygens (including phenoxy) is 2. The fourth-order valence-electron chi connectivity index (χ4n) is 4.50. The largest absolute Gasteiger partial charge is 0.465 e. The lowest BCUT2D eigenvalue weighted by Gasteiger charge is -2.28. The van der Waals surface area contributed by atoms with Crippen molar-refractivity contribution >= 4 is 11.9 Å². The first-order valence-electron chi connectivity index (χ1n) is 13.4. The highest BCUT2D eigenvalue weighted by atomic mass is 16.5. The summed E-state index contributed by atoms with van der Waals surface area (Å²) in [7, 11) is 0. The van der Waals surface area contributed by atoms with Crippen molar-refractivity contribution in [1.82, 2.24) is 0 Å². The molecule has 2 unspecified atom stereocenters. The highest BCUT2D eigenvalue weighted by Crippen LogP contribution is 2.32. The van der Waals surface area contributed by atoms with Crippen LogP contribution in [0.1, 0.15) is 130 Å². The van der Waals surface area contributed by atoms with E-state index in [1.165, 1.54) is 57.8 Å². The lowest BCUT2D eigenvalue weighted by molar-refractivity contribution is -0.163. The van der Waals surface area contributed by atoms with Crippen molar-refractivity contribution in [1.29, 1.82) is 0 Å². The van der Waals surface area contributed by atoms with Gasteiger partial charge in [-0.25, -0.2) is 0 Å². The van der Waals surface area contributed by atoms with Crippen LogP contribution >= 0.6 is 0 Å². The number of carbonyl (C=O) groups excluding carboxylic acids is 2. The first kappa shape index (κ1) is 28.0. The number of hydrogen-bond acceptors (Lipinski definition) is 4. The molecule has 0 N–H and O–H groups in total. The summed E-state index contributed by atoms with van der Waals surface area (Å²) in [6.45, 7) is 7.74. The van der Waals surface area contributed by atoms with Gasteiger partial charge in [0.1, 0.15) is 0 Å². The highest BCUT2D eigenvalue weighted by Gasteiger charge is 2.37. The molecule has 0 amide bonds. The minimum absolute atomic E-state index is 0.182. The summed E-state index contributed by atoms with van der Waals surface area (Å²) in [6.07, 6.45) is 19.1. The normalized spacial score (nSPS) is 18.8. The van der Waals surface area contributed by atoms with Crippen molar-refractivity contribution in [3.8, 4) is 0 Å². The second-order valence-electron chi connectivity index (χ2n) is 9.90. The van der Waals surface area contributed by atoms with E-state index in [-0.39, 0.29) is 23.8 Å². The van der Waals surface area contributed by atoms with Gasteiger partial charge in [0.15, 0.2) is 0 Å². The molecule has 1 aliphatic carbocycles. The third kappa shape index (κ3) is 13.9. The fraction of sp³-hybridized carbons (Fsp3) is 0.926. The maximum Gasteiger partial charge on any atom is 0.309 e. The molecule has 4 nitrogen and oxygen atoms in total. The molecular weight excluding hydrogens is 388 g/mol. The van der Waals surface area contributed by atoms with Gasteiger partial charge >= 0.3 is 11.9 Å². The number of esters is 2. The standard InChI is InChI=1S/C27H50O4/c1-4-5-6-11-16-21-30-26(28)24-19-14-15-20-25(24)27(29)31-22-17-12-9-7-8-10-13-18-23(2)3/h23-25H,4-22H2,1-3H3. The van der Waals surface area contributed by atoms with E-state index in [0.29, 0.717) is 13.2 Å². The summed E-state index contributed by atoms with van der Waals surface area (Å²) in [4.78, 5) is 25.1. The summed E-state index contributed by atoms with van der Waals surface area (Å²) in [5.74, 6) is -0.159. The Morgan fingerprint density at radius 1 is 0.677 bits per heavy atom. The summed E-state index contributed by atoms with van der Waals surface area (Å²) in [6, 6.07) is 0. The Balaban J connectivity index is 2.15. The van der Waals surface area contributed by atoms with E-state index in [1.807, 2.05) is 0 Å². The van der Waals surface area contributed by atoms with E-state index >= 15 is 0 Å². The summed E-state index contributed by atoms with van der Waals surface area (Å²) >= 11 is 0. The van der Waals surface area contributed by atoms with Crippen LogP contribution in [0, 0.1) is 17.8 Å². The molecule has 0 bridgehead atoms. The van der Waals surface area contributed by atoms with Crippen LogP contribution in [-0.2, 0) is 19.1 Å². The summed E-state index contributed by atoms with van der Waals surface area (Å²) < 4.78 is 11.1. The molecule has 0 radical (unpaired) electrons. The third-order valence-electron chi connectivity index (χ3n) is 6.53. The fourth-order valence-corrected chi connectivity index (χ4v) is 4.50. The van der Waals surface area contributed by atoms with Crippen LogP contribution in [0.2, 0.25) is 0 Å². The average molecular weight is 439 g/mol. The SMILES string of the molecule is CCCCCCCOC(=O)C1CCCCC1C(=O)OCCCCCCCCCC(C)C. The zero-order valence-electron chi connectivity index (χ0n) is 20.8. The maximum absolute atomic E-state index is 12.6. The molecule has 1 fully saturated rings. The van der Waals surface area contributed by atoms with Crippen LogP contribution in [0.5, 0.6) is 0 Å². The zero-order chi connectivity index (χ0) is 22.7.